The third-order valence-corrected chi connectivity index (χ3v) is 3.34. The molecule has 0 aromatic carbocycles. The van der Waals surface area contributed by atoms with Crippen LogP contribution in [0.2, 0.25) is 0 Å². The Morgan fingerprint density at radius 3 is 3.12 bits per heavy atom. The second kappa shape index (κ2) is 6.16. The second-order valence-electron chi connectivity index (χ2n) is 3.76. The predicted molar refractivity (Wildman–Crippen MR) is 70.0 cm³/mol. The van der Waals surface area contributed by atoms with Gasteiger partial charge >= 0.3 is 0 Å². The largest absolute Gasteiger partial charge is 0.369 e. The summed E-state index contributed by atoms with van der Waals surface area (Å²) in [6.45, 7) is 0.896. The van der Waals surface area contributed by atoms with Crippen LogP contribution in [0.3, 0.4) is 0 Å². The zero-order valence-corrected chi connectivity index (χ0v) is 10.3. The first-order valence-electron chi connectivity index (χ1n) is 5.71. The number of hydrogen-bond donors (Lipinski definition) is 1. The molecule has 0 aliphatic carbocycles. The molecular weight excluding hydrogens is 232 g/mol. The predicted octanol–water partition coefficient (Wildman–Crippen LogP) is 3.19. The summed E-state index contributed by atoms with van der Waals surface area (Å²) in [6.07, 6.45) is 5.38. The van der Waals surface area contributed by atoms with E-state index in [0.29, 0.717) is 6.42 Å². The number of fused-ring (bicyclic) bond motifs is 1. The van der Waals surface area contributed by atoms with Gasteiger partial charge in [0, 0.05) is 13.0 Å². The van der Waals surface area contributed by atoms with Gasteiger partial charge < -0.3 is 5.32 Å². The van der Waals surface area contributed by atoms with Gasteiger partial charge in [-0.25, -0.2) is 9.97 Å². The van der Waals surface area contributed by atoms with Crippen LogP contribution in [0.15, 0.2) is 17.8 Å². The molecule has 0 saturated heterocycles. The van der Waals surface area contributed by atoms with Crippen molar-refractivity contribution in [2.45, 2.75) is 25.7 Å². The molecule has 0 bridgehead atoms. The van der Waals surface area contributed by atoms with Crippen molar-refractivity contribution < 1.29 is 0 Å². The number of anilines is 1. The Bertz CT molecular complexity index is 514. The van der Waals surface area contributed by atoms with Crippen LogP contribution in [-0.2, 0) is 0 Å². The first kappa shape index (κ1) is 11.8. The topological polar surface area (TPSA) is 61.6 Å². The highest BCUT2D eigenvalue weighted by Crippen LogP contribution is 2.23. The molecule has 1 N–H and O–H groups in total. The zero-order valence-electron chi connectivity index (χ0n) is 9.52. The maximum Gasteiger partial charge on any atom is 0.138 e. The lowest BCUT2D eigenvalue weighted by atomic mass is 10.2. The van der Waals surface area contributed by atoms with Crippen LogP contribution in [-0.4, -0.2) is 16.5 Å². The number of nitriles is 1. The second-order valence-corrected chi connectivity index (χ2v) is 4.65. The zero-order chi connectivity index (χ0) is 11.9. The molecule has 0 atom stereocenters. The van der Waals surface area contributed by atoms with Crippen LogP contribution < -0.4 is 5.32 Å². The van der Waals surface area contributed by atoms with Crippen LogP contribution in [0.4, 0.5) is 5.82 Å². The number of nitrogens with zero attached hydrogens (tertiary/aromatic N) is 3. The molecule has 17 heavy (non-hydrogen) atoms. The summed E-state index contributed by atoms with van der Waals surface area (Å²) in [5.74, 6) is 0.913. The van der Waals surface area contributed by atoms with E-state index in [1.165, 1.54) is 0 Å². The Balaban J connectivity index is 1.83. The van der Waals surface area contributed by atoms with E-state index in [-0.39, 0.29) is 0 Å². The van der Waals surface area contributed by atoms with Crippen LogP contribution in [0.25, 0.3) is 10.2 Å². The van der Waals surface area contributed by atoms with Crippen LogP contribution in [0.1, 0.15) is 25.7 Å². The summed E-state index contributed by atoms with van der Waals surface area (Å²) >= 11 is 1.62. The van der Waals surface area contributed by atoms with E-state index in [1.54, 1.807) is 17.7 Å². The van der Waals surface area contributed by atoms with Gasteiger partial charge in [0.15, 0.2) is 0 Å². The van der Waals surface area contributed by atoms with Crippen molar-refractivity contribution in [2.75, 3.05) is 11.9 Å². The minimum Gasteiger partial charge on any atom is -0.369 e. The Morgan fingerprint density at radius 2 is 2.24 bits per heavy atom. The Hall–Kier alpha value is -1.67. The van der Waals surface area contributed by atoms with Gasteiger partial charge in [-0.2, -0.15) is 5.26 Å². The molecule has 0 fully saturated rings. The van der Waals surface area contributed by atoms with Gasteiger partial charge in [-0.05, 0) is 24.3 Å². The van der Waals surface area contributed by atoms with E-state index in [1.807, 2.05) is 11.4 Å². The van der Waals surface area contributed by atoms with E-state index in [2.05, 4.69) is 21.4 Å². The highest BCUT2D eigenvalue weighted by molar-refractivity contribution is 7.16. The lowest BCUT2D eigenvalue weighted by Crippen LogP contribution is -2.03. The fraction of sp³-hybridized carbons (Fsp3) is 0.417. The minimum atomic E-state index is 0.655. The highest BCUT2D eigenvalue weighted by Gasteiger charge is 2.03. The van der Waals surface area contributed by atoms with Gasteiger partial charge in [-0.1, -0.05) is 6.42 Å². The average Bonchev–Trinajstić information content (AvgIpc) is 2.82. The van der Waals surface area contributed by atoms with E-state index in [4.69, 9.17) is 5.26 Å². The maximum absolute atomic E-state index is 8.41. The molecule has 0 saturated carbocycles. The van der Waals surface area contributed by atoms with Gasteiger partial charge in [0.25, 0.3) is 0 Å². The lowest BCUT2D eigenvalue weighted by molar-refractivity contribution is 0.711. The molecule has 2 aromatic heterocycles. The summed E-state index contributed by atoms with van der Waals surface area (Å²) < 4.78 is 0. The molecule has 2 heterocycles. The molecule has 0 aliphatic rings. The fourth-order valence-corrected chi connectivity index (χ4v) is 2.38. The maximum atomic E-state index is 8.41. The molecular formula is C12H14N4S. The number of unbranched alkanes of at least 4 members (excludes halogenated alkanes) is 3. The van der Waals surface area contributed by atoms with Gasteiger partial charge in [-0.15, -0.1) is 11.3 Å². The average molecular weight is 246 g/mol. The van der Waals surface area contributed by atoms with E-state index >= 15 is 0 Å². The van der Waals surface area contributed by atoms with Crippen molar-refractivity contribution in [1.82, 2.24) is 9.97 Å². The Kier molecular flexibility index (Phi) is 4.28. The first-order valence-corrected chi connectivity index (χ1v) is 6.59. The van der Waals surface area contributed by atoms with Crippen LogP contribution in [0, 0.1) is 11.3 Å². The Morgan fingerprint density at radius 1 is 1.29 bits per heavy atom. The first-order chi connectivity index (χ1) is 8.42. The van der Waals surface area contributed by atoms with E-state index in [9.17, 15) is 0 Å². The normalized spacial score (nSPS) is 10.3. The SMILES string of the molecule is N#CCCCCCNc1ncnc2sccc12. The van der Waals surface area contributed by atoms with E-state index < -0.39 is 0 Å². The summed E-state index contributed by atoms with van der Waals surface area (Å²) in [7, 11) is 0. The van der Waals surface area contributed by atoms with Crippen molar-refractivity contribution >= 4 is 27.4 Å². The number of aromatic nitrogens is 2. The van der Waals surface area contributed by atoms with Gasteiger partial charge in [0.2, 0.25) is 0 Å². The molecule has 4 nitrogen and oxygen atoms in total. The quantitative estimate of drug-likeness (QED) is 0.795. The van der Waals surface area contributed by atoms with Crippen LogP contribution >= 0.6 is 11.3 Å². The summed E-state index contributed by atoms with van der Waals surface area (Å²) in [4.78, 5) is 9.47. The molecule has 0 radical (unpaired) electrons. The van der Waals surface area contributed by atoms with Crippen LogP contribution in [0.5, 0.6) is 0 Å². The number of hydrogen-bond acceptors (Lipinski definition) is 5. The van der Waals surface area contributed by atoms with Gasteiger partial charge in [0.05, 0.1) is 11.5 Å². The van der Waals surface area contributed by atoms with Crippen molar-refractivity contribution in [3.63, 3.8) is 0 Å². The number of nitrogens with one attached hydrogen (secondary N) is 1. The minimum absolute atomic E-state index is 0.655. The molecule has 0 amide bonds. The summed E-state index contributed by atoms with van der Waals surface area (Å²) in [6, 6.07) is 4.20. The Labute approximate surface area is 104 Å². The standard InChI is InChI=1S/C12H14N4S/c13-6-3-1-2-4-7-14-11-10-5-8-17-12(10)16-9-15-11/h5,8-9H,1-4,7H2,(H,14,15,16). The molecule has 2 rings (SSSR count). The van der Waals surface area contributed by atoms with Crippen molar-refractivity contribution in [2.24, 2.45) is 0 Å². The summed E-state index contributed by atoms with van der Waals surface area (Å²) in [5.41, 5.74) is 0. The van der Waals surface area contributed by atoms with Gasteiger partial charge in [0.1, 0.15) is 17.0 Å². The highest BCUT2D eigenvalue weighted by atomic mass is 32.1. The number of thiophene rings is 1. The molecule has 0 aliphatic heterocycles. The molecule has 0 unspecified atom stereocenters. The van der Waals surface area contributed by atoms with Crippen molar-refractivity contribution in [3.8, 4) is 6.07 Å². The molecule has 0 spiro atoms. The van der Waals surface area contributed by atoms with Gasteiger partial charge in [-0.3, -0.25) is 0 Å². The molecule has 5 heteroatoms. The van der Waals surface area contributed by atoms with Crippen molar-refractivity contribution in [1.29, 1.82) is 5.26 Å². The summed E-state index contributed by atoms with van der Waals surface area (Å²) in [5, 5.41) is 14.9. The van der Waals surface area contributed by atoms with E-state index in [0.717, 1.165) is 41.8 Å². The third-order valence-electron chi connectivity index (χ3n) is 2.52. The third kappa shape index (κ3) is 3.14. The molecule has 2 aromatic rings. The smallest absolute Gasteiger partial charge is 0.138 e. The van der Waals surface area contributed by atoms with Crippen molar-refractivity contribution in [3.05, 3.63) is 17.8 Å². The molecule has 88 valence electrons. The lowest BCUT2D eigenvalue weighted by Gasteiger charge is -2.05. The fourth-order valence-electron chi connectivity index (χ4n) is 1.64. The monoisotopic (exact) mass is 246 g/mol. The number of rotatable bonds is 6.